The predicted molar refractivity (Wildman–Crippen MR) is 80.6 cm³/mol. The first-order chi connectivity index (χ1) is 9.65. The Morgan fingerprint density at radius 3 is 2.20 bits per heavy atom. The minimum atomic E-state index is -0.0575. The lowest BCUT2D eigenvalue weighted by Gasteiger charge is -2.18. The van der Waals surface area contributed by atoms with Crippen LogP contribution in [0.25, 0.3) is 0 Å². The van der Waals surface area contributed by atoms with Crippen molar-refractivity contribution in [2.45, 2.75) is 45.6 Å². The molecule has 0 radical (unpaired) electrons. The normalized spacial score (nSPS) is 10.4. The standard InChI is InChI=1S/C16H25NO3/c1-5-7-13(8-6-2)17-16(18)12-9-10-14(19-3)15(11-12)20-4/h9-11,13H,5-8H2,1-4H3,(H,17,18). The highest BCUT2D eigenvalue weighted by Crippen LogP contribution is 2.27. The van der Waals surface area contributed by atoms with Crippen molar-refractivity contribution in [1.82, 2.24) is 5.32 Å². The SMILES string of the molecule is CCCC(CCC)NC(=O)c1ccc(OC)c(OC)c1. The third-order valence-corrected chi connectivity index (χ3v) is 3.26. The zero-order valence-corrected chi connectivity index (χ0v) is 12.9. The van der Waals surface area contributed by atoms with E-state index >= 15 is 0 Å². The van der Waals surface area contributed by atoms with Crippen molar-refractivity contribution in [2.75, 3.05) is 14.2 Å². The van der Waals surface area contributed by atoms with E-state index in [4.69, 9.17) is 9.47 Å². The number of hydrogen-bond acceptors (Lipinski definition) is 3. The highest BCUT2D eigenvalue weighted by atomic mass is 16.5. The molecule has 0 heterocycles. The average molecular weight is 279 g/mol. The summed E-state index contributed by atoms with van der Waals surface area (Å²) in [6.07, 6.45) is 4.15. The van der Waals surface area contributed by atoms with Gasteiger partial charge in [-0.15, -0.1) is 0 Å². The Hall–Kier alpha value is -1.71. The quantitative estimate of drug-likeness (QED) is 0.793. The van der Waals surface area contributed by atoms with Crippen LogP contribution in [0, 0.1) is 0 Å². The van der Waals surface area contributed by atoms with Gasteiger partial charge in [-0.1, -0.05) is 26.7 Å². The van der Waals surface area contributed by atoms with Gasteiger partial charge in [-0.05, 0) is 31.0 Å². The molecule has 1 rings (SSSR count). The third-order valence-electron chi connectivity index (χ3n) is 3.26. The van der Waals surface area contributed by atoms with Crippen LogP contribution in [0.2, 0.25) is 0 Å². The molecule has 0 aliphatic carbocycles. The molecule has 1 amide bonds. The summed E-state index contributed by atoms with van der Waals surface area (Å²) in [5, 5.41) is 3.09. The molecule has 0 spiro atoms. The molecule has 0 aliphatic heterocycles. The van der Waals surface area contributed by atoms with E-state index < -0.39 is 0 Å². The number of ether oxygens (including phenoxy) is 2. The van der Waals surface area contributed by atoms with Crippen LogP contribution in [0.4, 0.5) is 0 Å². The minimum Gasteiger partial charge on any atom is -0.493 e. The predicted octanol–water partition coefficient (Wildman–Crippen LogP) is 3.40. The van der Waals surface area contributed by atoms with Crippen LogP contribution in [0.15, 0.2) is 18.2 Å². The number of amides is 1. The van der Waals surface area contributed by atoms with E-state index in [1.807, 2.05) is 0 Å². The van der Waals surface area contributed by atoms with Gasteiger partial charge in [-0.2, -0.15) is 0 Å². The molecule has 4 heteroatoms. The molecule has 0 bridgehead atoms. The monoisotopic (exact) mass is 279 g/mol. The second-order valence-electron chi connectivity index (χ2n) is 4.82. The molecule has 0 aromatic heterocycles. The number of carbonyl (C=O) groups is 1. The molecule has 0 saturated carbocycles. The number of carbonyl (C=O) groups excluding carboxylic acids is 1. The van der Waals surface area contributed by atoms with Crippen molar-refractivity contribution >= 4 is 5.91 Å². The summed E-state index contributed by atoms with van der Waals surface area (Å²) < 4.78 is 10.4. The largest absolute Gasteiger partial charge is 0.493 e. The third kappa shape index (κ3) is 4.44. The maximum absolute atomic E-state index is 12.3. The van der Waals surface area contributed by atoms with Gasteiger partial charge in [-0.25, -0.2) is 0 Å². The lowest BCUT2D eigenvalue weighted by molar-refractivity contribution is 0.0932. The summed E-state index contributed by atoms with van der Waals surface area (Å²) >= 11 is 0. The summed E-state index contributed by atoms with van der Waals surface area (Å²) in [4.78, 5) is 12.3. The van der Waals surface area contributed by atoms with Crippen LogP contribution in [0.1, 0.15) is 49.9 Å². The summed E-state index contributed by atoms with van der Waals surface area (Å²) in [6.45, 7) is 4.26. The van der Waals surface area contributed by atoms with E-state index in [0.717, 1.165) is 25.7 Å². The fourth-order valence-corrected chi connectivity index (χ4v) is 2.23. The van der Waals surface area contributed by atoms with Crippen LogP contribution in [-0.2, 0) is 0 Å². The van der Waals surface area contributed by atoms with Gasteiger partial charge in [0.25, 0.3) is 5.91 Å². The Balaban J connectivity index is 2.80. The van der Waals surface area contributed by atoms with E-state index in [1.165, 1.54) is 0 Å². The summed E-state index contributed by atoms with van der Waals surface area (Å²) in [5.41, 5.74) is 0.597. The summed E-state index contributed by atoms with van der Waals surface area (Å²) in [7, 11) is 3.15. The maximum atomic E-state index is 12.3. The van der Waals surface area contributed by atoms with Crippen molar-refractivity contribution in [2.24, 2.45) is 0 Å². The van der Waals surface area contributed by atoms with Gasteiger partial charge in [0.2, 0.25) is 0 Å². The van der Waals surface area contributed by atoms with Gasteiger partial charge in [0, 0.05) is 11.6 Å². The van der Waals surface area contributed by atoms with Gasteiger partial charge in [0.15, 0.2) is 11.5 Å². The fourth-order valence-electron chi connectivity index (χ4n) is 2.23. The summed E-state index contributed by atoms with van der Waals surface area (Å²) in [6, 6.07) is 5.46. The van der Waals surface area contributed by atoms with Crippen LogP contribution in [0.5, 0.6) is 11.5 Å². The van der Waals surface area contributed by atoms with Crippen molar-refractivity contribution < 1.29 is 14.3 Å². The highest BCUT2D eigenvalue weighted by molar-refractivity contribution is 5.95. The first-order valence-corrected chi connectivity index (χ1v) is 7.19. The number of nitrogens with one attached hydrogen (secondary N) is 1. The number of hydrogen-bond donors (Lipinski definition) is 1. The number of methoxy groups -OCH3 is 2. The zero-order valence-electron chi connectivity index (χ0n) is 12.9. The second-order valence-corrected chi connectivity index (χ2v) is 4.82. The van der Waals surface area contributed by atoms with Gasteiger partial charge in [0.05, 0.1) is 14.2 Å². The maximum Gasteiger partial charge on any atom is 0.251 e. The lowest BCUT2D eigenvalue weighted by atomic mass is 10.1. The van der Waals surface area contributed by atoms with Gasteiger partial charge < -0.3 is 14.8 Å². The Kier molecular flexibility index (Phi) is 6.91. The molecule has 112 valence electrons. The van der Waals surface area contributed by atoms with E-state index in [9.17, 15) is 4.79 Å². The first-order valence-electron chi connectivity index (χ1n) is 7.19. The first kappa shape index (κ1) is 16.3. The smallest absolute Gasteiger partial charge is 0.251 e. The molecule has 1 aromatic carbocycles. The zero-order chi connectivity index (χ0) is 15.0. The minimum absolute atomic E-state index is 0.0575. The van der Waals surface area contributed by atoms with Crippen molar-refractivity contribution in [3.63, 3.8) is 0 Å². The molecule has 0 atom stereocenters. The van der Waals surface area contributed by atoms with Crippen molar-refractivity contribution in [1.29, 1.82) is 0 Å². The molecule has 1 N–H and O–H groups in total. The molecule has 0 unspecified atom stereocenters. The number of benzene rings is 1. The Labute approximate surface area is 121 Å². The van der Waals surface area contributed by atoms with E-state index in [1.54, 1.807) is 32.4 Å². The van der Waals surface area contributed by atoms with Crippen molar-refractivity contribution in [3.8, 4) is 11.5 Å². The van der Waals surface area contributed by atoms with E-state index in [-0.39, 0.29) is 11.9 Å². The molecular weight excluding hydrogens is 254 g/mol. The Bertz CT molecular complexity index is 426. The number of rotatable bonds is 8. The Morgan fingerprint density at radius 2 is 1.70 bits per heavy atom. The molecule has 0 saturated heterocycles. The molecule has 4 nitrogen and oxygen atoms in total. The van der Waals surface area contributed by atoms with E-state index in [2.05, 4.69) is 19.2 Å². The van der Waals surface area contributed by atoms with Crippen molar-refractivity contribution in [3.05, 3.63) is 23.8 Å². The van der Waals surface area contributed by atoms with Gasteiger partial charge in [0.1, 0.15) is 0 Å². The molecule has 0 aliphatic rings. The Morgan fingerprint density at radius 1 is 1.10 bits per heavy atom. The van der Waals surface area contributed by atoms with Crippen LogP contribution < -0.4 is 14.8 Å². The topological polar surface area (TPSA) is 47.6 Å². The highest BCUT2D eigenvalue weighted by Gasteiger charge is 2.14. The fraction of sp³-hybridized carbons (Fsp3) is 0.562. The average Bonchev–Trinajstić information content (AvgIpc) is 2.46. The molecule has 0 fully saturated rings. The van der Waals surface area contributed by atoms with Crippen LogP contribution in [-0.4, -0.2) is 26.2 Å². The molecular formula is C16H25NO3. The van der Waals surface area contributed by atoms with E-state index in [0.29, 0.717) is 17.1 Å². The second kappa shape index (κ2) is 8.46. The molecule has 20 heavy (non-hydrogen) atoms. The lowest BCUT2D eigenvalue weighted by Crippen LogP contribution is -2.34. The molecule has 1 aromatic rings. The van der Waals surface area contributed by atoms with Gasteiger partial charge >= 0.3 is 0 Å². The van der Waals surface area contributed by atoms with Crippen LogP contribution in [0.3, 0.4) is 0 Å². The van der Waals surface area contributed by atoms with Crippen LogP contribution >= 0.6 is 0 Å². The summed E-state index contributed by atoms with van der Waals surface area (Å²) in [5.74, 6) is 1.14. The van der Waals surface area contributed by atoms with Gasteiger partial charge in [-0.3, -0.25) is 4.79 Å².